The highest BCUT2D eigenvalue weighted by molar-refractivity contribution is 5.96. The van der Waals surface area contributed by atoms with Gasteiger partial charge in [0.2, 0.25) is 5.91 Å². The molecule has 2 rings (SSSR count). The first-order chi connectivity index (χ1) is 11.1. The molecule has 0 bridgehead atoms. The average molecular weight is 318 g/mol. The molecule has 0 spiro atoms. The molecule has 1 aromatic rings. The standard InChI is InChI=1S/C16H22N4O3/c1-2-17-16(23)19-14(21)11-18-13-7-5-12(6-8-13)15(22)20-9-3-4-10-20/h5-8,18H,2-4,9-11H2,1H3,(H2,17,19,21,23). The number of nitrogens with one attached hydrogen (secondary N) is 3. The van der Waals surface area contributed by atoms with E-state index in [1.807, 2.05) is 4.90 Å². The van der Waals surface area contributed by atoms with Crippen molar-refractivity contribution in [2.24, 2.45) is 0 Å². The fourth-order valence-electron chi connectivity index (χ4n) is 2.39. The van der Waals surface area contributed by atoms with E-state index < -0.39 is 11.9 Å². The predicted octanol–water partition coefficient (Wildman–Crippen LogP) is 1.18. The summed E-state index contributed by atoms with van der Waals surface area (Å²) in [6.07, 6.45) is 2.12. The maximum Gasteiger partial charge on any atom is 0.321 e. The van der Waals surface area contributed by atoms with Gasteiger partial charge in [-0.3, -0.25) is 14.9 Å². The van der Waals surface area contributed by atoms with Gasteiger partial charge in [-0.25, -0.2) is 4.79 Å². The molecule has 0 radical (unpaired) electrons. The summed E-state index contributed by atoms with van der Waals surface area (Å²) >= 11 is 0. The van der Waals surface area contributed by atoms with Crippen LogP contribution in [0.5, 0.6) is 0 Å². The fraction of sp³-hybridized carbons (Fsp3) is 0.438. The van der Waals surface area contributed by atoms with Gasteiger partial charge in [-0.2, -0.15) is 0 Å². The molecule has 0 atom stereocenters. The van der Waals surface area contributed by atoms with Crippen LogP contribution in [0.25, 0.3) is 0 Å². The van der Waals surface area contributed by atoms with Crippen molar-refractivity contribution in [1.29, 1.82) is 0 Å². The van der Waals surface area contributed by atoms with Crippen LogP contribution in [0.3, 0.4) is 0 Å². The van der Waals surface area contributed by atoms with Gasteiger partial charge < -0.3 is 15.5 Å². The van der Waals surface area contributed by atoms with Crippen LogP contribution in [0.15, 0.2) is 24.3 Å². The monoisotopic (exact) mass is 318 g/mol. The van der Waals surface area contributed by atoms with Gasteiger partial charge in [0.1, 0.15) is 0 Å². The molecular formula is C16H22N4O3. The summed E-state index contributed by atoms with van der Waals surface area (Å²) in [4.78, 5) is 36.8. The molecule has 1 saturated heterocycles. The third kappa shape index (κ3) is 4.98. The molecule has 0 aromatic heterocycles. The topological polar surface area (TPSA) is 90.5 Å². The Morgan fingerprint density at radius 3 is 2.35 bits per heavy atom. The SMILES string of the molecule is CCNC(=O)NC(=O)CNc1ccc(C(=O)N2CCCC2)cc1. The van der Waals surface area contributed by atoms with Crippen LogP contribution < -0.4 is 16.0 Å². The number of amides is 4. The molecule has 7 heteroatoms. The zero-order valence-corrected chi connectivity index (χ0v) is 13.2. The van der Waals surface area contributed by atoms with Crippen molar-refractivity contribution >= 4 is 23.5 Å². The number of hydrogen-bond donors (Lipinski definition) is 3. The van der Waals surface area contributed by atoms with Gasteiger partial charge in [-0.05, 0) is 44.0 Å². The van der Waals surface area contributed by atoms with Crippen LogP contribution in [0.4, 0.5) is 10.5 Å². The number of benzene rings is 1. The van der Waals surface area contributed by atoms with E-state index in [0.29, 0.717) is 17.8 Å². The van der Waals surface area contributed by atoms with Crippen LogP contribution >= 0.6 is 0 Å². The van der Waals surface area contributed by atoms with E-state index in [2.05, 4.69) is 16.0 Å². The minimum Gasteiger partial charge on any atom is -0.376 e. The summed E-state index contributed by atoms with van der Waals surface area (Å²) in [7, 11) is 0. The number of imide groups is 1. The number of rotatable bonds is 5. The van der Waals surface area contributed by atoms with Crippen molar-refractivity contribution in [3.05, 3.63) is 29.8 Å². The van der Waals surface area contributed by atoms with E-state index in [9.17, 15) is 14.4 Å². The van der Waals surface area contributed by atoms with Crippen LogP contribution in [0, 0.1) is 0 Å². The van der Waals surface area contributed by atoms with Gasteiger partial charge >= 0.3 is 6.03 Å². The highest BCUT2D eigenvalue weighted by Crippen LogP contribution is 2.15. The zero-order chi connectivity index (χ0) is 16.7. The molecule has 1 fully saturated rings. The summed E-state index contributed by atoms with van der Waals surface area (Å²) in [6.45, 7) is 3.85. The number of nitrogens with zero attached hydrogens (tertiary/aromatic N) is 1. The summed E-state index contributed by atoms with van der Waals surface area (Å²) in [6, 6.07) is 6.48. The fourth-order valence-corrected chi connectivity index (χ4v) is 2.39. The predicted molar refractivity (Wildman–Crippen MR) is 87.3 cm³/mol. The highest BCUT2D eigenvalue weighted by Gasteiger charge is 2.19. The van der Waals surface area contributed by atoms with Gasteiger partial charge in [0.15, 0.2) is 0 Å². The first-order valence-electron chi connectivity index (χ1n) is 7.81. The Morgan fingerprint density at radius 1 is 1.09 bits per heavy atom. The quantitative estimate of drug-likeness (QED) is 0.760. The van der Waals surface area contributed by atoms with E-state index in [-0.39, 0.29) is 12.5 Å². The number of likely N-dealkylation sites (tertiary alicyclic amines) is 1. The average Bonchev–Trinajstić information content (AvgIpc) is 3.07. The third-order valence-electron chi connectivity index (χ3n) is 3.57. The van der Waals surface area contributed by atoms with Gasteiger partial charge in [-0.15, -0.1) is 0 Å². The van der Waals surface area contributed by atoms with Gasteiger partial charge in [0.05, 0.1) is 6.54 Å². The Kier molecular flexibility index (Phi) is 5.96. The van der Waals surface area contributed by atoms with Crippen LogP contribution in [0.2, 0.25) is 0 Å². The molecule has 1 aliphatic rings. The van der Waals surface area contributed by atoms with E-state index in [1.165, 1.54) is 0 Å². The van der Waals surface area contributed by atoms with Crippen LogP contribution in [-0.4, -0.2) is 48.9 Å². The summed E-state index contributed by atoms with van der Waals surface area (Å²) in [5, 5.41) is 7.60. The van der Waals surface area contributed by atoms with Crippen molar-refractivity contribution in [2.45, 2.75) is 19.8 Å². The van der Waals surface area contributed by atoms with Crippen molar-refractivity contribution in [2.75, 3.05) is 31.5 Å². The first kappa shape index (κ1) is 16.8. The second-order valence-corrected chi connectivity index (χ2v) is 5.34. The lowest BCUT2D eigenvalue weighted by atomic mass is 10.2. The first-order valence-corrected chi connectivity index (χ1v) is 7.81. The lowest BCUT2D eigenvalue weighted by Gasteiger charge is -2.15. The summed E-state index contributed by atoms with van der Waals surface area (Å²) in [5.41, 5.74) is 1.36. The highest BCUT2D eigenvalue weighted by atomic mass is 16.2. The molecular weight excluding hydrogens is 296 g/mol. The molecule has 0 saturated carbocycles. The third-order valence-corrected chi connectivity index (χ3v) is 3.57. The molecule has 0 aliphatic carbocycles. The Balaban J connectivity index is 1.81. The molecule has 1 aliphatic heterocycles. The van der Waals surface area contributed by atoms with E-state index in [1.54, 1.807) is 31.2 Å². The van der Waals surface area contributed by atoms with Gasteiger partial charge in [0.25, 0.3) is 5.91 Å². The maximum absolute atomic E-state index is 12.2. The van der Waals surface area contributed by atoms with Gasteiger partial charge in [-0.1, -0.05) is 0 Å². The lowest BCUT2D eigenvalue weighted by molar-refractivity contribution is -0.118. The number of carbonyl (C=O) groups is 3. The number of carbonyl (C=O) groups excluding carboxylic acids is 3. The molecule has 124 valence electrons. The smallest absolute Gasteiger partial charge is 0.321 e. The van der Waals surface area contributed by atoms with Crippen LogP contribution in [0.1, 0.15) is 30.1 Å². The molecule has 7 nitrogen and oxygen atoms in total. The minimum absolute atomic E-state index is 0.0173. The number of hydrogen-bond acceptors (Lipinski definition) is 4. The minimum atomic E-state index is -0.508. The molecule has 0 unspecified atom stereocenters. The molecule has 4 amide bonds. The van der Waals surface area contributed by atoms with E-state index in [0.717, 1.165) is 25.9 Å². The van der Waals surface area contributed by atoms with Crippen molar-refractivity contribution in [3.8, 4) is 0 Å². The molecule has 3 N–H and O–H groups in total. The molecule has 1 heterocycles. The summed E-state index contributed by atoms with van der Waals surface area (Å²) in [5.74, 6) is -0.379. The number of urea groups is 1. The van der Waals surface area contributed by atoms with Crippen LogP contribution in [-0.2, 0) is 4.79 Å². The maximum atomic E-state index is 12.2. The van der Waals surface area contributed by atoms with Crippen molar-refractivity contribution < 1.29 is 14.4 Å². The Labute approximate surface area is 135 Å². The zero-order valence-electron chi connectivity index (χ0n) is 13.2. The largest absolute Gasteiger partial charge is 0.376 e. The Morgan fingerprint density at radius 2 is 1.74 bits per heavy atom. The van der Waals surface area contributed by atoms with E-state index >= 15 is 0 Å². The Bertz CT molecular complexity index is 565. The normalized spacial score (nSPS) is 13.5. The van der Waals surface area contributed by atoms with Gasteiger partial charge in [0, 0.05) is 30.9 Å². The lowest BCUT2D eigenvalue weighted by Crippen LogP contribution is -2.41. The Hall–Kier alpha value is -2.57. The number of anilines is 1. The molecule has 1 aromatic carbocycles. The molecule has 23 heavy (non-hydrogen) atoms. The second kappa shape index (κ2) is 8.17. The van der Waals surface area contributed by atoms with E-state index in [4.69, 9.17) is 0 Å². The van der Waals surface area contributed by atoms with Crippen molar-refractivity contribution in [3.63, 3.8) is 0 Å². The summed E-state index contributed by atoms with van der Waals surface area (Å²) < 4.78 is 0. The van der Waals surface area contributed by atoms with Crippen molar-refractivity contribution in [1.82, 2.24) is 15.5 Å². The second-order valence-electron chi connectivity index (χ2n) is 5.34.